The third kappa shape index (κ3) is 2.17. The molecule has 0 bridgehead atoms. The van der Waals surface area contributed by atoms with Crippen LogP contribution < -0.4 is 10.6 Å². The Balaban J connectivity index is 0.000000378. The number of hydrogen-bond acceptors (Lipinski definition) is 2. The molecule has 68 valence electrons. The second-order valence-electron chi connectivity index (χ2n) is 3.12. The smallest absolute Gasteiger partial charge is 0.0232 e. The van der Waals surface area contributed by atoms with Crippen LogP contribution in [0.3, 0.4) is 0 Å². The number of hydrogen-bond donors (Lipinski definition) is 2. The van der Waals surface area contributed by atoms with Gasteiger partial charge >= 0.3 is 0 Å². The number of piperidine rings is 1. The summed E-state index contributed by atoms with van der Waals surface area (Å²) in [5.41, 5.74) is 0. The number of nitrogens with one attached hydrogen (secondary N) is 2. The Morgan fingerprint density at radius 2 is 2.09 bits per heavy atom. The second-order valence-corrected chi connectivity index (χ2v) is 3.12. The zero-order valence-corrected chi connectivity index (χ0v) is 7.69. The zero-order chi connectivity index (χ0) is 8.10. The molecular formula is C9H22N2. The topological polar surface area (TPSA) is 24.1 Å². The third-order valence-electron chi connectivity index (χ3n) is 2.50. The lowest BCUT2D eigenvalue weighted by Crippen LogP contribution is -2.40. The Bertz CT molecular complexity index is 96.7. The van der Waals surface area contributed by atoms with Crippen LogP contribution in [-0.4, -0.2) is 25.7 Å². The highest BCUT2D eigenvalue weighted by Crippen LogP contribution is 2.18. The molecule has 2 fully saturated rings. The maximum Gasteiger partial charge on any atom is 0.0232 e. The largest absolute Gasteiger partial charge is 0.315 e. The lowest BCUT2D eigenvalue weighted by Gasteiger charge is -2.24. The first-order chi connectivity index (χ1) is 5.47. The van der Waals surface area contributed by atoms with Crippen molar-refractivity contribution in [2.45, 2.75) is 32.7 Å². The van der Waals surface area contributed by atoms with Crippen molar-refractivity contribution in [1.29, 1.82) is 0 Å². The van der Waals surface area contributed by atoms with Gasteiger partial charge in [-0.25, -0.2) is 0 Å². The Hall–Kier alpha value is -0.0800. The summed E-state index contributed by atoms with van der Waals surface area (Å²) in [7, 11) is 0. The summed E-state index contributed by atoms with van der Waals surface area (Å²) in [5, 5.41) is 6.92. The quantitative estimate of drug-likeness (QED) is 0.554. The average molecular weight is 158 g/mol. The summed E-state index contributed by atoms with van der Waals surface area (Å²) in [6.07, 6.45) is 2.81. The lowest BCUT2D eigenvalue weighted by molar-refractivity contribution is 0.339. The van der Waals surface area contributed by atoms with Gasteiger partial charge in [0.05, 0.1) is 0 Å². The van der Waals surface area contributed by atoms with Crippen LogP contribution in [0.25, 0.3) is 0 Å². The summed E-state index contributed by atoms with van der Waals surface area (Å²) >= 11 is 0. The highest BCUT2D eigenvalue weighted by Gasteiger charge is 2.28. The molecule has 0 aliphatic carbocycles. The van der Waals surface area contributed by atoms with Crippen LogP contribution in [0, 0.1) is 5.92 Å². The molecule has 2 nitrogen and oxygen atoms in total. The summed E-state index contributed by atoms with van der Waals surface area (Å²) in [4.78, 5) is 0. The highest BCUT2D eigenvalue weighted by molar-refractivity contribution is 4.89. The van der Waals surface area contributed by atoms with Crippen molar-refractivity contribution in [2.24, 2.45) is 5.92 Å². The Morgan fingerprint density at radius 1 is 1.27 bits per heavy atom. The van der Waals surface area contributed by atoms with Crippen molar-refractivity contribution in [2.75, 3.05) is 19.6 Å². The Morgan fingerprint density at radius 3 is 2.82 bits per heavy atom. The van der Waals surface area contributed by atoms with Crippen LogP contribution >= 0.6 is 0 Å². The molecule has 0 radical (unpaired) electrons. The van der Waals surface area contributed by atoms with E-state index in [9.17, 15) is 0 Å². The molecule has 2 unspecified atom stereocenters. The maximum atomic E-state index is 3.52. The van der Waals surface area contributed by atoms with Crippen LogP contribution in [0.2, 0.25) is 0 Å². The second kappa shape index (κ2) is 4.73. The minimum atomic E-state index is 0. The fraction of sp³-hybridized carbons (Fsp3) is 1.00. The molecule has 0 saturated carbocycles. The van der Waals surface area contributed by atoms with Gasteiger partial charge < -0.3 is 10.6 Å². The van der Waals surface area contributed by atoms with Gasteiger partial charge in [-0.2, -0.15) is 0 Å². The minimum Gasteiger partial charge on any atom is -0.315 e. The van der Waals surface area contributed by atoms with Gasteiger partial charge in [0.25, 0.3) is 0 Å². The van der Waals surface area contributed by atoms with E-state index in [4.69, 9.17) is 0 Å². The minimum absolute atomic E-state index is 0. The van der Waals surface area contributed by atoms with E-state index in [1.54, 1.807) is 0 Å². The first kappa shape index (κ1) is 9.01. The molecule has 2 aliphatic rings. The van der Waals surface area contributed by atoms with E-state index in [2.05, 4.69) is 10.6 Å². The SMILES string of the molecule is C1CNC2CNCC2C1.CC.[HH]. The van der Waals surface area contributed by atoms with E-state index in [0.717, 1.165) is 12.0 Å². The molecule has 11 heavy (non-hydrogen) atoms. The number of rotatable bonds is 0. The fourth-order valence-corrected chi connectivity index (χ4v) is 1.93. The normalized spacial score (nSPS) is 35.5. The van der Waals surface area contributed by atoms with Gasteiger partial charge in [0.1, 0.15) is 0 Å². The summed E-state index contributed by atoms with van der Waals surface area (Å²) in [6, 6.07) is 0.804. The first-order valence-corrected chi connectivity index (χ1v) is 4.91. The molecule has 2 N–H and O–H groups in total. The van der Waals surface area contributed by atoms with E-state index in [1.807, 2.05) is 13.8 Å². The van der Waals surface area contributed by atoms with E-state index in [0.29, 0.717) is 0 Å². The van der Waals surface area contributed by atoms with Crippen molar-refractivity contribution in [3.05, 3.63) is 0 Å². The lowest BCUT2D eigenvalue weighted by atomic mass is 9.94. The molecule has 2 rings (SSSR count). The average Bonchev–Trinajstić information content (AvgIpc) is 2.55. The third-order valence-corrected chi connectivity index (χ3v) is 2.50. The van der Waals surface area contributed by atoms with Gasteiger partial charge in [0, 0.05) is 14.0 Å². The summed E-state index contributed by atoms with van der Waals surface area (Å²) < 4.78 is 0. The molecular weight excluding hydrogens is 136 g/mol. The summed E-state index contributed by atoms with van der Waals surface area (Å²) in [6.45, 7) is 7.69. The first-order valence-electron chi connectivity index (χ1n) is 4.91. The van der Waals surface area contributed by atoms with E-state index in [1.165, 1.54) is 32.5 Å². The van der Waals surface area contributed by atoms with E-state index < -0.39 is 0 Å². The van der Waals surface area contributed by atoms with Crippen molar-refractivity contribution in [1.82, 2.24) is 10.6 Å². The maximum absolute atomic E-state index is 3.52. The van der Waals surface area contributed by atoms with Crippen molar-refractivity contribution >= 4 is 0 Å². The monoisotopic (exact) mass is 158 g/mol. The molecule has 2 heteroatoms. The Labute approximate surface area is 71.2 Å². The molecule has 2 heterocycles. The molecule has 0 aromatic rings. The van der Waals surface area contributed by atoms with Gasteiger partial charge in [-0.05, 0) is 31.8 Å². The molecule has 0 spiro atoms. The predicted molar refractivity (Wildman–Crippen MR) is 50.8 cm³/mol. The van der Waals surface area contributed by atoms with Gasteiger partial charge in [-0.15, -0.1) is 0 Å². The van der Waals surface area contributed by atoms with Crippen molar-refractivity contribution in [3.63, 3.8) is 0 Å². The highest BCUT2D eigenvalue weighted by atomic mass is 15.0. The predicted octanol–water partition coefficient (Wildman–Crippen LogP) is 1.23. The number of fused-ring (bicyclic) bond motifs is 1. The van der Waals surface area contributed by atoms with Crippen LogP contribution in [0.15, 0.2) is 0 Å². The van der Waals surface area contributed by atoms with Gasteiger partial charge in [0.15, 0.2) is 0 Å². The van der Waals surface area contributed by atoms with Crippen LogP contribution in [0.5, 0.6) is 0 Å². The van der Waals surface area contributed by atoms with E-state index >= 15 is 0 Å². The molecule has 2 saturated heterocycles. The van der Waals surface area contributed by atoms with Crippen LogP contribution in [0.4, 0.5) is 0 Å². The summed E-state index contributed by atoms with van der Waals surface area (Å²) in [5.74, 6) is 0.943. The molecule has 0 amide bonds. The zero-order valence-electron chi connectivity index (χ0n) is 7.69. The Kier molecular flexibility index (Phi) is 3.87. The van der Waals surface area contributed by atoms with E-state index in [-0.39, 0.29) is 1.43 Å². The fourth-order valence-electron chi connectivity index (χ4n) is 1.93. The molecule has 2 atom stereocenters. The standard InChI is InChI=1S/C7H14N2.C2H6.H2/c1-2-6-4-8-5-7(6)9-3-1;1-2;/h6-9H,1-5H2;1-2H3;1H. The van der Waals surface area contributed by atoms with Crippen molar-refractivity contribution < 1.29 is 1.43 Å². The van der Waals surface area contributed by atoms with Crippen molar-refractivity contribution in [3.8, 4) is 0 Å². The van der Waals surface area contributed by atoms with Gasteiger partial charge in [0.2, 0.25) is 0 Å². The molecule has 2 aliphatic heterocycles. The van der Waals surface area contributed by atoms with Gasteiger partial charge in [-0.3, -0.25) is 0 Å². The molecule has 0 aromatic heterocycles. The van der Waals surface area contributed by atoms with Crippen LogP contribution in [0.1, 0.15) is 28.1 Å². The van der Waals surface area contributed by atoms with Gasteiger partial charge in [-0.1, -0.05) is 13.8 Å². The molecule has 0 aromatic carbocycles. The van der Waals surface area contributed by atoms with Crippen LogP contribution in [-0.2, 0) is 0 Å².